The van der Waals surface area contributed by atoms with Gasteiger partial charge in [-0.15, -0.1) is 0 Å². The molecule has 1 aliphatic heterocycles. The van der Waals surface area contributed by atoms with Crippen LogP contribution in [-0.2, 0) is 0 Å². The van der Waals surface area contributed by atoms with Gasteiger partial charge in [0.1, 0.15) is 5.82 Å². The van der Waals surface area contributed by atoms with E-state index in [9.17, 15) is 9.90 Å². The minimum Gasteiger partial charge on any atom is -0.390 e. The van der Waals surface area contributed by atoms with E-state index in [-0.39, 0.29) is 5.91 Å². The number of aliphatic hydroxyl groups is 1. The molecular formula is C15H23N3O2. The number of rotatable bonds is 3. The Labute approximate surface area is 120 Å². The van der Waals surface area contributed by atoms with Gasteiger partial charge in [0, 0.05) is 31.4 Å². The van der Waals surface area contributed by atoms with Crippen LogP contribution >= 0.6 is 0 Å². The van der Waals surface area contributed by atoms with Crippen LogP contribution in [0.15, 0.2) is 18.3 Å². The van der Waals surface area contributed by atoms with Crippen LogP contribution in [-0.4, -0.2) is 46.1 Å². The first kappa shape index (κ1) is 14.8. The van der Waals surface area contributed by atoms with Gasteiger partial charge in [-0.25, -0.2) is 4.98 Å². The van der Waals surface area contributed by atoms with Crippen molar-refractivity contribution in [3.05, 3.63) is 23.9 Å². The summed E-state index contributed by atoms with van der Waals surface area (Å²) in [5.41, 5.74) is -0.000139. The van der Waals surface area contributed by atoms with Gasteiger partial charge in [-0.2, -0.15) is 0 Å². The predicted molar refractivity (Wildman–Crippen MR) is 78.8 cm³/mol. The van der Waals surface area contributed by atoms with Crippen molar-refractivity contribution in [3.8, 4) is 0 Å². The second-order valence-electron chi connectivity index (χ2n) is 5.60. The highest BCUT2D eigenvalue weighted by Crippen LogP contribution is 2.22. The third-order valence-corrected chi connectivity index (χ3v) is 3.72. The molecule has 2 rings (SSSR count). The van der Waals surface area contributed by atoms with E-state index in [0.717, 1.165) is 25.2 Å². The van der Waals surface area contributed by atoms with Gasteiger partial charge in [0.2, 0.25) is 0 Å². The Bertz CT molecular complexity index is 474. The molecule has 0 aliphatic carbocycles. The number of hydrogen-bond acceptors (Lipinski definition) is 4. The largest absolute Gasteiger partial charge is 0.390 e. The quantitative estimate of drug-likeness (QED) is 0.885. The van der Waals surface area contributed by atoms with E-state index in [4.69, 9.17) is 0 Å². The number of amides is 1. The van der Waals surface area contributed by atoms with Gasteiger partial charge in [-0.05, 0) is 45.2 Å². The highest BCUT2D eigenvalue weighted by Gasteiger charge is 2.27. The molecule has 0 radical (unpaired) electrons. The van der Waals surface area contributed by atoms with Crippen LogP contribution in [0.3, 0.4) is 0 Å². The number of aromatic nitrogens is 1. The van der Waals surface area contributed by atoms with Gasteiger partial charge < -0.3 is 15.3 Å². The smallest absolute Gasteiger partial charge is 0.254 e. The summed E-state index contributed by atoms with van der Waals surface area (Å²) in [6.45, 7) is 5.92. The third kappa shape index (κ3) is 3.70. The number of pyridine rings is 1. The molecule has 0 spiro atoms. The molecule has 110 valence electrons. The van der Waals surface area contributed by atoms with Gasteiger partial charge >= 0.3 is 0 Å². The lowest BCUT2D eigenvalue weighted by Crippen LogP contribution is -2.33. The van der Waals surface area contributed by atoms with Crippen molar-refractivity contribution in [3.63, 3.8) is 0 Å². The maximum Gasteiger partial charge on any atom is 0.254 e. The molecule has 1 unspecified atom stereocenters. The predicted octanol–water partition coefficient (Wildman–Crippen LogP) is 1.89. The number of carbonyl (C=O) groups is 1. The normalized spacial score (nSPS) is 23.2. The second kappa shape index (κ2) is 6.22. The molecule has 5 nitrogen and oxygen atoms in total. The van der Waals surface area contributed by atoms with E-state index in [1.165, 1.54) is 0 Å². The lowest BCUT2D eigenvalue weighted by atomic mass is 9.98. The maximum absolute atomic E-state index is 12.5. The summed E-state index contributed by atoms with van der Waals surface area (Å²) in [6, 6.07) is 3.53. The number of nitrogens with one attached hydrogen (secondary N) is 1. The number of carbonyl (C=O) groups excluding carboxylic acids is 1. The Morgan fingerprint density at radius 2 is 2.30 bits per heavy atom. The number of anilines is 1. The van der Waals surface area contributed by atoms with Crippen LogP contribution < -0.4 is 5.32 Å². The minimum atomic E-state index is -0.651. The Hall–Kier alpha value is -1.62. The Morgan fingerprint density at radius 1 is 1.50 bits per heavy atom. The van der Waals surface area contributed by atoms with E-state index in [2.05, 4.69) is 10.3 Å². The Kier molecular flexibility index (Phi) is 4.60. The maximum atomic E-state index is 12.5. The van der Waals surface area contributed by atoms with Crippen LogP contribution in [0.25, 0.3) is 0 Å². The molecule has 0 bridgehead atoms. The molecule has 1 aromatic heterocycles. The highest BCUT2D eigenvalue weighted by atomic mass is 16.3. The number of nitrogens with zero attached hydrogens (tertiary/aromatic N) is 2. The summed E-state index contributed by atoms with van der Waals surface area (Å²) in [4.78, 5) is 18.5. The molecular weight excluding hydrogens is 254 g/mol. The monoisotopic (exact) mass is 277 g/mol. The van der Waals surface area contributed by atoms with E-state index in [1.807, 2.05) is 18.7 Å². The average molecular weight is 277 g/mol. The zero-order valence-corrected chi connectivity index (χ0v) is 12.2. The van der Waals surface area contributed by atoms with Gasteiger partial charge in [0.05, 0.1) is 5.60 Å². The molecule has 1 atom stereocenters. The summed E-state index contributed by atoms with van der Waals surface area (Å²) >= 11 is 0. The summed E-state index contributed by atoms with van der Waals surface area (Å²) in [5.74, 6) is 0.740. The van der Waals surface area contributed by atoms with Crippen molar-refractivity contribution in [2.45, 2.75) is 38.7 Å². The van der Waals surface area contributed by atoms with E-state index in [0.29, 0.717) is 25.1 Å². The van der Waals surface area contributed by atoms with Crippen LogP contribution in [0, 0.1) is 0 Å². The fourth-order valence-corrected chi connectivity index (χ4v) is 2.49. The fourth-order valence-electron chi connectivity index (χ4n) is 2.49. The van der Waals surface area contributed by atoms with Crippen molar-refractivity contribution >= 4 is 11.7 Å². The van der Waals surface area contributed by atoms with Gasteiger partial charge in [0.25, 0.3) is 5.91 Å². The molecule has 2 N–H and O–H groups in total. The van der Waals surface area contributed by atoms with E-state index in [1.54, 1.807) is 18.3 Å². The topological polar surface area (TPSA) is 65.5 Å². The van der Waals surface area contributed by atoms with Crippen molar-refractivity contribution in [2.75, 3.05) is 25.0 Å². The minimum absolute atomic E-state index is 0.0178. The summed E-state index contributed by atoms with van der Waals surface area (Å²) in [6.07, 6.45) is 3.86. The van der Waals surface area contributed by atoms with Crippen molar-refractivity contribution < 1.29 is 9.90 Å². The van der Waals surface area contributed by atoms with Gasteiger partial charge in [0.15, 0.2) is 0 Å². The molecule has 0 saturated carbocycles. The molecule has 1 fully saturated rings. The Balaban J connectivity index is 2.08. The second-order valence-corrected chi connectivity index (χ2v) is 5.60. The van der Waals surface area contributed by atoms with Crippen molar-refractivity contribution in [1.82, 2.24) is 9.88 Å². The van der Waals surface area contributed by atoms with Gasteiger partial charge in [-0.1, -0.05) is 0 Å². The first-order valence-electron chi connectivity index (χ1n) is 7.23. The van der Waals surface area contributed by atoms with Crippen LogP contribution in [0.2, 0.25) is 0 Å². The fraction of sp³-hybridized carbons (Fsp3) is 0.600. The van der Waals surface area contributed by atoms with E-state index >= 15 is 0 Å². The summed E-state index contributed by atoms with van der Waals surface area (Å²) < 4.78 is 0. The lowest BCUT2D eigenvalue weighted by molar-refractivity contribution is 0.0438. The molecule has 1 saturated heterocycles. The number of likely N-dealkylation sites (tertiary alicyclic amines) is 1. The highest BCUT2D eigenvalue weighted by molar-refractivity contribution is 5.94. The SMILES string of the molecule is CCNc1cc(C(=O)N2CCCC(C)(O)CC2)ccn1. The third-order valence-electron chi connectivity index (χ3n) is 3.72. The number of hydrogen-bond donors (Lipinski definition) is 2. The van der Waals surface area contributed by atoms with Crippen LogP contribution in [0.1, 0.15) is 43.5 Å². The molecule has 2 heterocycles. The first-order valence-corrected chi connectivity index (χ1v) is 7.23. The zero-order valence-electron chi connectivity index (χ0n) is 12.2. The standard InChI is InChI=1S/C15H23N3O2/c1-3-16-13-11-12(5-8-17-13)14(19)18-9-4-6-15(2,20)7-10-18/h5,8,11,20H,3-4,6-7,9-10H2,1-2H3,(H,16,17). The molecule has 1 amide bonds. The molecule has 20 heavy (non-hydrogen) atoms. The lowest BCUT2D eigenvalue weighted by Gasteiger charge is -2.22. The Morgan fingerprint density at radius 3 is 3.05 bits per heavy atom. The molecule has 5 heteroatoms. The molecule has 0 aromatic carbocycles. The van der Waals surface area contributed by atoms with Crippen molar-refractivity contribution in [2.24, 2.45) is 0 Å². The zero-order chi connectivity index (χ0) is 14.6. The molecule has 1 aromatic rings. The van der Waals surface area contributed by atoms with Crippen LogP contribution in [0.5, 0.6) is 0 Å². The van der Waals surface area contributed by atoms with Gasteiger partial charge in [-0.3, -0.25) is 4.79 Å². The summed E-state index contributed by atoms with van der Waals surface area (Å²) in [5, 5.41) is 13.2. The van der Waals surface area contributed by atoms with E-state index < -0.39 is 5.60 Å². The van der Waals surface area contributed by atoms with Crippen LogP contribution in [0.4, 0.5) is 5.82 Å². The first-order chi connectivity index (χ1) is 9.52. The average Bonchev–Trinajstić information content (AvgIpc) is 2.60. The molecule has 1 aliphatic rings. The summed E-state index contributed by atoms with van der Waals surface area (Å²) in [7, 11) is 0. The van der Waals surface area contributed by atoms with Crippen molar-refractivity contribution in [1.29, 1.82) is 0 Å².